The summed E-state index contributed by atoms with van der Waals surface area (Å²) in [6, 6.07) is 11.6. The number of nitrogens with one attached hydrogen (secondary N) is 2. The number of hydrogen-bond donors (Lipinski definition) is 2. The van der Waals surface area contributed by atoms with E-state index < -0.39 is 18.0 Å². The number of rotatable bonds is 7. The quantitative estimate of drug-likeness (QED) is 0.386. The van der Waals surface area contributed by atoms with Crippen LogP contribution in [0.4, 0.5) is 14.9 Å². The maximum atomic E-state index is 15.1. The topological polar surface area (TPSA) is 118 Å². The summed E-state index contributed by atoms with van der Waals surface area (Å²) in [5.41, 5.74) is 2.89. The third-order valence-corrected chi connectivity index (χ3v) is 5.89. The molecule has 1 aliphatic heterocycles. The van der Waals surface area contributed by atoms with E-state index in [0.29, 0.717) is 29.0 Å². The molecular weight excluding hydrogens is 491 g/mol. The summed E-state index contributed by atoms with van der Waals surface area (Å²) >= 11 is 0. The van der Waals surface area contributed by atoms with Crippen molar-refractivity contribution in [3.63, 3.8) is 0 Å². The van der Waals surface area contributed by atoms with Gasteiger partial charge >= 0.3 is 6.09 Å². The number of ether oxygens (including phenoxy) is 1. The van der Waals surface area contributed by atoms with Crippen LogP contribution in [-0.4, -0.2) is 51.5 Å². The highest BCUT2D eigenvalue weighted by atomic mass is 19.1. The number of anilines is 1. The van der Waals surface area contributed by atoms with Gasteiger partial charge in [-0.15, -0.1) is 0 Å². The second-order valence-electron chi connectivity index (χ2n) is 8.57. The summed E-state index contributed by atoms with van der Waals surface area (Å²) < 4.78 is 22.0. The third-order valence-electron chi connectivity index (χ3n) is 5.89. The molecule has 1 fully saturated rings. The minimum Gasteiger partial charge on any atom is -0.442 e. The average Bonchev–Trinajstić information content (AvgIpc) is 3.49. The molecule has 196 valence electrons. The van der Waals surface area contributed by atoms with Gasteiger partial charge in [-0.05, 0) is 42.0 Å². The summed E-state index contributed by atoms with van der Waals surface area (Å²) in [6.45, 7) is 2.09. The van der Waals surface area contributed by atoms with Gasteiger partial charge in [-0.2, -0.15) is 0 Å². The first-order valence-corrected chi connectivity index (χ1v) is 11.6. The first-order chi connectivity index (χ1) is 17.9. The van der Waals surface area contributed by atoms with Crippen LogP contribution < -0.4 is 15.5 Å². The molecule has 1 aliphatic rings. The van der Waals surface area contributed by atoms with E-state index in [1.807, 2.05) is 6.07 Å². The molecule has 4 aromatic rings. The molecule has 2 N–H and O–H groups in total. The van der Waals surface area contributed by atoms with E-state index in [1.54, 1.807) is 59.5 Å². The highest BCUT2D eigenvalue weighted by Crippen LogP contribution is 2.29. The number of carbonyl (C=O) groups is 3. The van der Waals surface area contributed by atoms with Crippen LogP contribution in [0.1, 0.15) is 30.4 Å². The number of amides is 3. The maximum Gasteiger partial charge on any atom is 0.414 e. The molecule has 0 bridgehead atoms. The summed E-state index contributed by atoms with van der Waals surface area (Å²) in [6.07, 6.45) is 5.49. The number of benzene rings is 1. The van der Waals surface area contributed by atoms with Gasteiger partial charge in [0.1, 0.15) is 23.3 Å². The highest BCUT2D eigenvalue weighted by molar-refractivity contribution is 5.93. The molecule has 0 saturated carbocycles. The Balaban J connectivity index is 0.00000336. The molecule has 0 radical (unpaired) electrons. The van der Waals surface area contributed by atoms with Crippen molar-refractivity contribution < 1.29 is 23.5 Å². The van der Waals surface area contributed by atoms with Gasteiger partial charge in [0.25, 0.3) is 5.91 Å². The fourth-order valence-electron chi connectivity index (χ4n) is 4.04. The lowest BCUT2D eigenvalue weighted by molar-refractivity contribution is -0.119. The molecule has 3 amide bonds. The van der Waals surface area contributed by atoms with Crippen LogP contribution in [0.15, 0.2) is 67.3 Å². The lowest BCUT2D eigenvalue weighted by Gasteiger charge is -2.14. The lowest BCUT2D eigenvalue weighted by Crippen LogP contribution is -2.33. The third kappa shape index (κ3) is 5.61. The molecule has 5 rings (SSSR count). The minimum atomic E-state index is -0.600. The molecule has 38 heavy (non-hydrogen) atoms. The minimum absolute atomic E-state index is 0. The molecule has 0 spiro atoms. The van der Waals surface area contributed by atoms with Crippen LogP contribution in [-0.2, 0) is 16.1 Å². The van der Waals surface area contributed by atoms with Crippen molar-refractivity contribution in [2.75, 3.05) is 18.0 Å². The van der Waals surface area contributed by atoms with E-state index in [4.69, 9.17) is 4.74 Å². The Morgan fingerprint density at radius 2 is 2.00 bits per heavy atom. The molecule has 1 saturated heterocycles. The van der Waals surface area contributed by atoms with Crippen LogP contribution in [0.25, 0.3) is 16.8 Å². The van der Waals surface area contributed by atoms with Gasteiger partial charge in [-0.1, -0.05) is 13.5 Å². The Morgan fingerprint density at radius 3 is 2.74 bits per heavy atom. The summed E-state index contributed by atoms with van der Waals surface area (Å²) in [5.74, 6) is -1.08. The number of aromatic nitrogens is 3. The van der Waals surface area contributed by atoms with E-state index >= 15 is 4.39 Å². The molecular formula is C27H27FN6O4. The molecule has 1 aromatic carbocycles. The van der Waals surface area contributed by atoms with Crippen LogP contribution in [0.3, 0.4) is 0 Å². The van der Waals surface area contributed by atoms with Gasteiger partial charge in [-0.25, -0.2) is 14.2 Å². The Bertz CT molecular complexity index is 1490. The zero-order valence-electron chi connectivity index (χ0n) is 19.8. The fourth-order valence-corrected chi connectivity index (χ4v) is 4.04. The average molecular weight is 519 g/mol. The van der Waals surface area contributed by atoms with E-state index in [9.17, 15) is 14.4 Å². The zero-order valence-corrected chi connectivity index (χ0v) is 19.8. The number of pyridine rings is 2. The van der Waals surface area contributed by atoms with Gasteiger partial charge in [0.15, 0.2) is 0 Å². The van der Waals surface area contributed by atoms with Gasteiger partial charge < -0.3 is 19.8 Å². The first-order valence-electron chi connectivity index (χ1n) is 11.6. The summed E-state index contributed by atoms with van der Waals surface area (Å²) in [5, 5.41) is 5.41. The van der Waals surface area contributed by atoms with Crippen LogP contribution in [0, 0.1) is 5.82 Å². The predicted molar refractivity (Wildman–Crippen MR) is 139 cm³/mol. The Morgan fingerprint density at radius 1 is 1.16 bits per heavy atom. The number of imidazole rings is 1. The monoisotopic (exact) mass is 518 g/mol. The van der Waals surface area contributed by atoms with Crippen molar-refractivity contribution in [2.45, 2.75) is 27.0 Å². The van der Waals surface area contributed by atoms with E-state index in [-0.39, 0.29) is 38.0 Å². The second kappa shape index (κ2) is 11.1. The molecule has 4 heterocycles. The van der Waals surface area contributed by atoms with Gasteiger partial charge in [0.05, 0.1) is 18.8 Å². The molecule has 3 aromatic heterocycles. The lowest BCUT2D eigenvalue weighted by atomic mass is 10.1. The van der Waals surface area contributed by atoms with Gasteiger partial charge in [-0.3, -0.25) is 19.5 Å². The molecule has 1 atom stereocenters. The normalized spacial score (nSPS) is 14.6. The Kier molecular flexibility index (Phi) is 7.66. The molecule has 10 nitrogen and oxygen atoms in total. The van der Waals surface area contributed by atoms with Crippen LogP contribution in [0.5, 0.6) is 0 Å². The van der Waals surface area contributed by atoms with Crippen molar-refractivity contribution >= 4 is 29.2 Å². The fraction of sp³-hybridized carbons (Fsp3) is 0.222. The number of nitrogens with zero attached hydrogens (tertiary/aromatic N) is 4. The highest BCUT2D eigenvalue weighted by Gasteiger charge is 2.32. The molecule has 0 unspecified atom stereocenters. The standard InChI is InChI=1S/C26H23FN6O4.CH4/c1-16(34)29-12-20-14-33(26(36)37-20)19-5-6-21(22(27)9-19)18-4-7-24-31-23(15-32(24)13-18)25(35)30-11-17-3-2-8-28-10-17;/h2-10,13,15,20H,11-12,14H2,1H3,(H,29,34)(H,30,35);1H4/t20-;/m0./s1. The first kappa shape index (κ1) is 26.3. The van der Waals surface area contributed by atoms with Crippen LogP contribution >= 0.6 is 0 Å². The van der Waals surface area contributed by atoms with E-state index in [1.165, 1.54) is 17.9 Å². The second-order valence-corrected chi connectivity index (χ2v) is 8.57. The number of hydrogen-bond acceptors (Lipinski definition) is 6. The SMILES string of the molecule is C.CC(=O)NC[C@H]1CN(c2ccc(-c3ccc4nc(C(=O)NCc5cccnc5)cn4c3)c(F)c2)C(=O)O1. The smallest absolute Gasteiger partial charge is 0.414 e. The number of halogens is 1. The Hall–Kier alpha value is -4.80. The van der Waals surface area contributed by atoms with Gasteiger partial charge in [0, 0.05) is 49.4 Å². The predicted octanol–water partition coefficient (Wildman–Crippen LogP) is 3.56. The number of fused-ring (bicyclic) bond motifs is 1. The summed E-state index contributed by atoms with van der Waals surface area (Å²) in [7, 11) is 0. The van der Waals surface area contributed by atoms with E-state index in [2.05, 4.69) is 20.6 Å². The van der Waals surface area contributed by atoms with Crippen molar-refractivity contribution in [3.8, 4) is 11.1 Å². The van der Waals surface area contributed by atoms with E-state index in [0.717, 1.165) is 5.56 Å². The van der Waals surface area contributed by atoms with Crippen molar-refractivity contribution in [1.29, 1.82) is 0 Å². The van der Waals surface area contributed by atoms with Crippen molar-refractivity contribution in [2.24, 2.45) is 0 Å². The molecule has 0 aliphatic carbocycles. The van der Waals surface area contributed by atoms with Gasteiger partial charge in [0.2, 0.25) is 5.91 Å². The molecule has 11 heteroatoms. The summed E-state index contributed by atoms with van der Waals surface area (Å²) in [4.78, 5) is 45.6. The van der Waals surface area contributed by atoms with Crippen LogP contribution in [0.2, 0.25) is 0 Å². The zero-order chi connectivity index (χ0) is 25.9. The number of carbonyl (C=O) groups excluding carboxylic acids is 3. The Labute approximate surface area is 218 Å². The van der Waals surface area contributed by atoms with Crippen molar-refractivity contribution in [1.82, 2.24) is 25.0 Å². The number of cyclic esters (lactones) is 1. The maximum absolute atomic E-state index is 15.1. The largest absolute Gasteiger partial charge is 0.442 e. The van der Waals surface area contributed by atoms with Crippen molar-refractivity contribution in [3.05, 3.63) is 84.3 Å².